The van der Waals surface area contributed by atoms with Crippen LogP contribution in [0.25, 0.3) is 0 Å². The predicted molar refractivity (Wildman–Crippen MR) is 59.7 cm³/mol. The number of nitrogens with one attached hydrogen (secondary N) is 1. The quantitative estimate of drug-likeness (QED) is 0.587. The van der Waals surface area contributed by atoms with Crippen molar-refractivity contribution >= 4 is 51.1 Å². The average Bonchev–Trinajstić information content (AvgIpc) is 1.80. The molecule has 0 aliphatic heterocycles. The number of rotatable bonds is 3. The van der Waals surface area contributed by atoms with E-state index in [2.05, 4.69) is 5.32 Å². The number of alkyl halides is 3. The Bertz CT molecular complexity index is 144. The van der Waals surface area contributed by atoms with Gasteiger partial charge in [-0.3, -0.25) is 4.79 Å². The van der Waals surface area contributed by atoms with E-state index >= 15 is 0 Å². The summed E-state index contributed by atoms with van der Waals surface area (Å²) in [5, 5.41) is 2.49. The molecule has 0 fully saturated rings. The topological polar surface area (TPSA) is 29.1 Å². The van der Waals surface area contributed by atoms with Gasteiger partial charge in [-0.1, -0.05) is 13.8 Å². The Kier molecular flexibility index (Phi) is 5.16. The van der Waals surface area contributed by atoms with Gasteiger partial charge in [0.2, 0.25) is 7.59 Å². The standard InChI is InChI=1S/C6H10FI2NO/c1-4(2)5(11)10-3-6(7,8)9/h4H,3H2,1-2H3,(H,10,11). The summed E-state index contributed by atoms with van der Waals surface area (Å²) in [7, 11) is 0. The van der Waals surface area contributed by atoms with Crippen LogP contribution in [0.2, 0.25) is 0 Å². The van der Waals surface area contributed by atoms with Gasteiger partial charge in [0.25, 0.3) is 0 Å². The van der Waals surface area contributed by atoms with Crippen LogP contribution in [0.5, 0.6) is 0 Å². The van der Waals surface area contributed by atoms with Crippen molar-refractivity contribution in [1.29, 1.82) is 0 Å². The molecule has 11 heavy (non-hydrogen) atoms. The molecule has 0 aromatic carbocycles. The molecular weight excluding hydrogens is 375 g/mol. The smallest absolute Gasteiger partial charge is 0.227 e. The van der Waals surface area contributed by atoms with Gasteiger partial charge in [0, 0.05) is 5.92 Å². The second-order valence-electron chi connectivity index (χ2n) is 2.49. The molecule has 1 N–H and O–H groups in total. The highest BCUT2D eigenvalue weighted by Gasteiger charge is 2.21. The van der Waals surface area contributed by atoms with Crippen molar-refractivity contribution in [1.82, 2.24) is 5.32 Å². The van der Waals surface area contributed by atoms with Crippen LogP contribution in [0.4, 0.5) is 4.39 Å². The van der Waals surface area contributed by atoms with Gasteiger partial charge < -0.3 is 5.32 Å². The van der Waals surface area contributed by atoms with Crippen LogP contribution in [-0.4, -0.2) is 14.1 Å². The van der Waals surface area contributed by atoms with Gasteiger partial charge in [-0.2, -0.15) is 0 Å². The molecule has 0 heterocycles. The van der Waals surface area contributed by atoms with Crippen molar-refractivity contribution in [2.75, 3.05) is 6.54 Å². The van der Waals surface area contributed by atoms with Gasteiger partial charge in [-0.05, 0) is 45.2 Å². The third kappa shape index (κ3) is 7.23. The summed E-state index contributed by atoms with van der Waals surface area (Å²) >= 11 is 3.28. The molecule has 0 atom stereocenters. The van der Waals surface area contributed by atoms with Gasteiger partial charge in [0.1, 0.15) is 0 Å². The Morgan fingerprint density at radius 2 is 2.09 bits per heavy atom. The molecule has 0 aliphatic carbocycles. The maximum atomic E-state index is 12.8. The Hall–Kier alpha value is 0.860. The van der Waals surface area contributed by atoms with E-state index in [-0.39, 0.29) is 18.4 Å². The minimum atomic E-state index is -1.37. The average molecular weight is 385 g/mol. The molecule has 0 aromatic rings. The van der Waals surface area contributed by atoms with Crippen LogP contribution in [0.3, 0.4) is 0 Å². The van der Waals surface area contributed by atoms with Gasteiger partial charge in [-0.25, -0.2) is 4.39 Å². The monoisotopic (exact) mass is 385 g/mol. The fraction of sp³-hybridized carbons (Fsp3) is 0.833. The number of halogens is 3. The summed E-state index contributed by atoms with van der Waals surface area (Å²) in [4.78, 5) is 10.9. The second-order valence-corrected chi connectivity index (χ2v) is 7.97. The Morgan fingerprint density at radius 3 is 2.36 bits per heavy atom. The molecule has 66 valence electrons. The molecule has 1 amide bonds. The zero-order chi connectivity index (χ0) is 9.07. The highest BCUT2D eigenvalue weighted by Crippen LogP contribution is 2.27. The van der Waals surface area contributed by atoms with Crippen LogP contribution < -0.4 is 5.32 Å². The molecule has 0 spiro atoms. The SMILES string of the molecule is CC(C)C(=O)NCC(F)(I)I. The lowest BCUT2D eigenvalue weighted by Gasteiger charge is -2.12. The summed E-state index contributed by atoms with van der Waals surface area (Å²) in [6.45, 7) is 3.61. The molecule has 0 aromatic heterocycles. The lowest BCUT2D eigenvalue weighted by molar-refractivity contribution is -0.124. The van der Waals surface area contributed by atoms with Crippen LogP contribution in [-0.2, 0) is 4.79 Å². The summed E-state index contributed by atoms with van der Waals surface area (Å²) in [6, 6.07) is 0. The van der Waals surface area contributed by atoms with Crippen LogP contribution in [0.1, 0.15) is 13.8 Å². The second kappa shape index (κ2) is 4.78. The number of hydrogen-bond donors (Lipinski definition) is 1. The Labute approximate surface area is 93.0 Å². The van der Waals surface area contributed by atoms with Crippen molar-refractivity contribution in [2.24, 2.45) is 5.92 Å². The number of hydrogen-bond acceptors (Lipinski definition) is 1. The maximum absolute atomic E-state index is 12.8. The van der Waals surface area contributed by atoms with E-state index in [1.54, 1.807) is 59.0 Å². The zero-order valence-electron chi connectivity index (χ0n) is 6.33. The van der Waals surface area contributed by atoms with E-state index in [0.717, 1.165) is 0 Å². The lowest BCUT2D eigenvalue weighted by Crippen LogP contribution is -2.34. The normalized spacial score (nSPS) is 11.8. The maximum Gasteiger partial charge on any atom is 0.227 e. The fourth-order valence-electron chi connectivity index (χ4n) is 0.391. The molecule has 0 aliphatic rings. The van der Waals surface area contributed by atoms with Gasteiger partial charge in [0.05, 0.1) is 6.54 Å². The summed E-state index contributed by atoms with van der Waals surface area (Å²) in [5.74, 6) is -0.189. The third-order valence-electron chi connectivity index (χ3n) is 0.987. The van der Waals surface area contributed by atoms with E-state index in [4.69, 9.17) is 0 Å². The molecule has 0 saturated heterocycles. The molecule has 5 heteroatoms. The van der Waals surface area contributed by atoms with Crippen molar-refractivity contribution in [3.8, 4) is 0 Å². The predicted octanol–water partition coefficient (Wildman–Crippen LogP) is 2.25. The minimum Gasteiger partial charge on any atom is -0.351 e. The first-order valence-electron chi connectivity index (χ1n) is 3.17. The molecule has 0 bridgehead atoms. The molecule has 0 rings (SSSR count). The molecule has 0 unspecified atom stereocenters. The molecular formula is C6H10FI2NO. The van der Waals surface area contributed by atoms with E-state index in [1.165, 1.54) is 0 Å². The molecule has 2 nitrogen and oxygen atoms in total. The Morgan fingerprint density at radius 1 is 1.64 bits per heavy atom. The van der Waals surface area contributed by atoms with Crippen LogP contribution in [0, 0.1) is 5.92 Å². The van der Waals surface area contributed by atoms with Gasteiger partial charge in [-0.15, -0.1) is 0 Å². The zero-order valence-corrected chi connectivity index (χ0v) is 10.6. The minimum absolute atomic E-state index is 0.0606. The van der Waals surface area contributed by atoms with Crippen LogP contribution >= 0.6 is 45.2 Å². The summed E-state index contributed by atoms with van der Waals surface area (Å²) < 4.78 is 11.4. The fourth-order valence-corrected chi connectivity index (χ4v) is 0.773. The molecule has 0 radical (unpaired) electrons. The Balaban J connectivity index is 3.64. The highest BCUT2D eigenvalue weighted by atomic mass is 127. The van der Waals surface area contributed by atoms with Gasteiger partial charge >= 0.3 is 0 Å². The number of carbonyl (C=O) groups excluding carboxylic acids is 1. The number of carbonyl (C=O) groups is 1. The van der Waals surface area contributed by atoms with E-state index in [9.17, 15) is 9.18 Å². The van der Waals surface area contributed by atoms with Gasteiger partial charge in [0.15, 0.2) is 0 Å². The van der Waals surface area contributed by atoms with E-state index < -0.39 is 1.68 Å². The largest absolute Gasteiger partial charge is 0.351 e. The molecule has 0 saturated carbocycles. The van der Waals surface area contributed by atoms with Crippen LogP contribution in [0.15, 0.2) is 0 Å². The highest BCUT2D eigenvalue weighted by molar-refractivity contribution is 14.2. The first-order chi connectivity index (χ1) is 4.83. The number of amides is 1. The third-order valence-corrected chi connectivity index (χ3v) is 1.75. The first kappa shape index (κ1) is 11.9. The van der Waals surface area contributed by atoms with E-state index in [1.807, 2.05) is 0 Å². The van der Waals surface area contributed by atoms with Crippen molar-refractivity contribution in [3.05, 3.63) is 0 Å². The summed E-state index contributed by atoms with van der Waals surface area (Å²) in [6.07, 6.45) is 0. The van der Waals surface area contributed by atoms with Crippen molar-refractivity contribution in [2.45, 2.75) is 15.5 Å². The summed E-state index contributed by atoms with van der Waals surface area (Å²) in [5.41, 5.74) is 0. The van der Waals surface area contributed by atoms with E-state index in [0.29, 0.717) is 0 Å². The lowest BCUT2D eigenvalue weighted by atomic mass is 10.2. The first-order valence-corrected chi connectivity index (χ1v) is 5.33. The van der Waals surface area contributed by atoms with Crippen molar-refractivity contribution < 1.29 is 9.18 Å². The van der Waals surface area contributed by atoms with Crippen molar-refractivity contribution in [3.63, 3.8) is 0 Å².